The van der Waals surface area contributed by atoms with Crippen LogP contribution in [0.25, 0.3) is 6.08 Å². The second kappa shape index (κ2) is 7.20. The van der Waals surface area contributed by atoms with Gasteiger partial charge < -0.3 is 19.0 Å². The Balaban J connectivity index is 1.79. The number of carbonyl (C=O) groups is 1. The summed E-state index contributed by atoms with van der Waals surface area (Å²) in [6, 6.07) is 3.79. The summed E-state index contributed by atoms with van der Waals surface area (Å²) in [7, 11) is 0. The molecule has 6 nitrogen and oxygen atoms in total. The first-order valence-electron chi connectivity index (χ1n) is 7.72. The van der Waals surface area contributed by atoms with Crippen molar-refractivity contribution >= 4 is 33.8 Å². The summed E-state index contributed by atoms with van der Waals surface area (Å²) in [5.41, 5.74) is 0.0844. The number of hydrogen-bond acceptors (Lipinski definition) is 5. The molecular formula is C16H18BrN3O3. The number of furan rings is 1. The number of halogens is 1. The molecule has 2 fully saturated rings. The van der Waals surface area contributed by atoms with Gasteiger partial charge >= 0.3 is 0 Å². The molecule has 2 saturated heterocycles. The van der Waals surface area contributed by atoms with Crippen molar-refractivity contribution in [1.82, 2.24) is 4.90 Å². The molecular weight excluding hydrogens is 362 g/mol. The fourth-order valence-corrected chi connectivity index (χ4v) is 3.36. The Labute approximate surface area is 143 Å². The van der Waals surface area contributed by atoms with Gasteiger partial charge in [-0.1, -0.05) is 0 Å². The van der Waals surface area contributed by atoms with Crippen molar-refractivity contribution in [3.63, 3.8) is 0 Å². The molecule has 2 aliphatic heterocycles. The lowest BCUT2D eigenvalue weighted by molar-refractivity contribution is -0.130. The third-order valence-corrected chi connectivity index (χ3v) is 4.58. The molecule has 3 rings (SSSR count). The number of rotatable bonds is 3. The number of anilines is 1. The van der Waals surface area contributed by atoms with E-state index in [0.717, 1.165) is 36.3 Å². The minimum absolute atomic E-state index is 0.0844. The summed E-state index contributed by atoms with van der Waals surface area (Å²) in [6.45, 7) is 3.98. The van der Waals surface area contributed by atoms with Gasteiger partial charge in [-0.05, 0) is 28.8 Å². The van der Waals surface area contributed by atoms with E-state index in [9.17, 15) is 10.1 Å². The molecule has 23 heavy (non-hydrogen) atoms. The van der Waals surface area contributed by atoms with Gasteiger partial charge in [-0.3, -0.25) is 4.79 Å². The van der Waals surface area contributed by atoms with E-state index in [0.29, 0.717) is 32.1 Å². The number of ether oxygens (including phenoxy) is 1. The van der Waals surface area contributed by atoms with Gasteiger partial charge in [-0.25, -0.2) is 0 Å². The van der Waals surface area contributed by atoms with Crippen LogP contribution in [0.4, 0.5) is 5.88 Å². The summed E-state index contributed by atoms with van der Waals surface area (Å²) in [6.07, 6.45) is 3.82. The molecule has 3 heterocycles. The van der Waals surface area contributed by atoms with Crippen LogP contribution in [0.5, 0.6) is 0 Å². The summed E-state index contributed by atoms with van der Waals surface area (Å²) in [5, 5.41) is 9.32. The van der Waals surface area contributed by atoms with E-state index in [2.05, 4.69) is 20.8 Å². The Morgan fingerprint density at radius 2 is 1.96 bits per heavy atom. The van der Waals surface area contributed by atoms with Crippen LogP contribution >= 0.6 is 15.9 Å². The largest absolute Gasteiger partial charge is 0.440 e. The first-order chi connectivity index (χ1) is 11.2. The maximum absolute atomic E-state index is 12.4. The topological polar surface area (TPSA) is 69.7 Å². The molecule has 2 aliphatic rings. The molecule has 0 unspecified atom stereocenters. The Kier molecular flexibility index (Phi) is 5.03. The van der Waals surface area contributed by atoms with Gasteiger partial charge in [0.2, 0.25) is 5.88 Å². The normalized spacial score (nSPS) is 19.0. The fourth-order valence-electron chi connectivity index (χ4n) is 2.80. The molecule has 1 aromatic rings. The second-order valence-corrected chi connectivity index (χ2v) is 6.42. The highest BCUT2D eigenvalue weighted by molar-refractivity contribution is 9.10. The maximum Gasteiger partial charge on any atom is 0.264 e. The smallest absolute Gasteiger partial charge is 0.264 e. The zero-order chi connectivity index (χ0) is 16.2. The van der Waals surface area contributed by atoms with Crippen molar-refractivity contribution in [2.45, 2.75) is 12.8 Å². The van der Waals surface area contributed by atoms with Crippen molar-refractivity contribution in [3.8, 4) is 6.07 Å². The van der Waals surface area contributed by atoms with Gasteiger partial charge in [0.25, 0.3) is 5.91 Å². The van der Waals surface area contributed by atoms with E-state index in [-0.39, 0.29) is 11.5 Å². The van der Waals surface area contributed by atoms with E-state index in [4.69, 9.17) is 9.15 Å². The van der Waals surface area contributed by atoms with Crippen LogP contribution in [0, 0.1) is 11.3 Å². The Morgan fingerprint density at radius 3 is 2.61 bits per heavy atom. The standard InChI is InChI=1S/C16H18BrN3O3/c17-14-10-13(23-16(14)20-3-1-2-4-20)9-12(11-18)15(21)19-5-7-22-8-6-19/h9-10H,1-8H2/b12-9-. The molecule has 1 amide bonds. The van der Waals surface area contributed by atoms with Crippen LogP contribution in [0.3, 0.4) is 0 Å². The first kappa shape index (κ1) is 16.1. The SMILES string of the molecule is N#C/C(=C/c1cc(Br)c(N2CCCC2)o1)C(=O)N1CCOCC1. The lowest BCUT2D eigenvalue weighted by Gasteiger charge is -2.26. The highest BCUT2D eigenvalue weighted by Crippen LogP contribution is 2.33. The molecule has 122 valence electrons. The average molecular weight is 380 g/mol. The lowest BCUT2D eigenvalue weighted by atomic mass is 10.2. The lowest BCUT2D eigenvalue weighted by Crippen LogP contribution is -2.41. The third-order valence-electron chi connectivity index (χ3n) is 4.02. The fraction of sp³-hybridized carbons (Fsp3) is 0.500. The van der Waals surface area contributed by atoms with Crippen LogP contribution in [0.1, 0.15) is 18.6 Å². The quantitative estimate of drug-likeness (QED) is 0.595. The molecule has 0 atom stereocenters. The highest BCUT2D eigenvalue weighted by Gasteiger charge is 2.23. The third kappa shape index (κ3) is 3.59. The molecule has 0 aliphatic carbocycles. The van der Waals surface area contributed by atoms with Crippen molar-refractivity contribution in [2.75, 3.05) is 44.3 Å². The van der Waals surface area contributed by atoms with Gasteiger partial charge in [-0.2, -0.15) is 5.26 Å². The van der Waals surface area contributed by atoms with Gasteiger partial charge in [-0.15, -0.1) is 0 Å². The van der Waals surface area contributed by atoms with Gasteiger partial charge in [0.15, 0.2) is 0 Å². The van der Waals surface area contributed by atoms with Crippen molar-refractivity contribution in [3.05, 3.63) is 21.9 Å². The number of morpholine rings is 1. The molecule has 1 aromatic heterocycles. The minimum Gasteiger partial charge on any atom is -0.440 e. The van der Waals surface area contributed by atoms with E-state index < -0.39 is 0 Å². The summed E-state index contributed by atoms with van der Waals surface area (Å²) in [4.78, 5) is 16.2. The number of nitriles is 1. The van der Waals surface area contributed by atoms with Gasteiger partial charge in [0.1, 0.15) is 17.4 Å². The van der Waals surface area contributed by atoms with Crippen LogP contribution < -0.4 is 4.90 Å². The average Bonchev–Trinajstić information content (AvgIpc) is 3.22. The first-order valence-corrected chi connectivity index (χ1v) is 8.51. The van der Waals surface area contributed by atoms with Gasteiger partial charge in [0, 0.05) is 38.3 Å². The van der Waals surface area contributed by atoms with Crippen LogP contribution in [0.15, 0.2) is 20.5 Å². The molecule has 7 heteroatoms. The summed E-state index contributed by atoms with van der Waals surface area (Å²) < 4.78 is 11.9. The molecule has 0 radical (unpaired) electrons. The van der Waals surface area contributed by atoms with Crippen molar-refractivity contribution in [1.29, 1.82) is 5.26 Å². The van der Waals surface area contributed by atoms with E-state index >= 15 is 0 Å². The van der Waals surface area contributed by atoms with E-state index in [1.807, 2.05) is 6.07 Å². The Hall–Kier alpha value is -1.78. The summed E-state index contributed by atoms with van der Waals surface area (Å²) >= 11 is 3.49. The minimum atomic E-state index is -0.272. The number of amides is 1. The zero-order valence-corrected chi connectivity index (χ0v) is 14.3. The monoisotopic (exact) mass is 379 g/mol. The van der Waals surface area contributed by atoms with Crippen LogP contribution in [-0.2, 0) is 9.53 Å². The molecule has 0 bridgehead atoms. The maximum atomic E-state index is 12.4. The predicted octanol–water partition coefficient (Wildman–Crippen LogP) is 2.41. The van der Waals surface area contributed by atoms with Crippen molar-refractivity contribution in [2.24, 2.45) is 0 Å². The van der Waals surface area contributed by atoms with Crippen LogP contribution in [0.2, 0.25) is 0 Å². The molecule has 0 N–H and O–H groups in total. The number of nitrogens with zero attached hydrogens (tertiary/aromatic N) is 3. The number of carbonyl (C=O) groups excluding carboxylic acids is 1. The van der Waals surface area contributed by atoms with E-state index in [1.54, 1.807) is 11.0 Å². The summed E-state index contributed by atoms with van der Waals surface area (Å²) in [5.74, 6) is 1.01. The van der Waals surface area contributed by atoms with E-state index in [1.165, 1.54) is 6.08 Å². The number of hydrogen-bond donors (Lipinski definition) is 0. The molecule has 0 aromatic carbocycles. The zero-order valence-electron chi connectivity index (χ0n) is 12.8. The second-order valence-electron chi connectivity index (χ2n) is 5.57. The Morgan fingerprint density at radius 1 is 1.26 bits per heavy atom. The molecule has 0 spiro atoms. The van der Waals surface area contributed by atoms with Crippen LogP contribution in [-0.4, -0.2) is 50.2 Å². The van der Waals surface area contributed by atoms with Crippen molar-refractivity contribution < 1.29 is 13.9 Å². The predicted molar refractivity (Wildman–Crippen MR) is 88.8 cm³/mol. The highest BCUT2D eigenvalue weighted by atomic mass is 79.9. The van der Waals surface area contributed by atoms with Gasteiger partial charge in [0.05, 0.1) is 17.7 Å². The Bertz CT molecular complexity index is 650. The molecule has 0 saturated carbocycles.